The van der Waals surface area contributed by atoms with E-state index in [-0.39, 0.29) is 17.8 Å². The summed E-state index contributed by atoms with van der Waals surface area (Å²) >= 11 is 2.02. The minimum Gasteiger partial charge on any atom is -0.349 e. The van der Waals surface area contributed by atoms with E-state index in [0.717, 1.165) is 6.42 Å². The van der Waals surface area contributed by atoms with Crippen LogP contribution in [0.25, 0.3) is 0 Å². The molecule has 0 spiro atoms. The van der Waals surface area contributed by atoms with E-state index in [1.54, 1.807) is 6.07 Å². The monoisotopic (exact) mass is 403 g/mol. The van der Waals surface area contributed by atoms with Gasteiger partial charge in [-0.05, 0) is 71.4 Å². The molecule has 1 aromatic carbocycles. The van der Waals surface area contributed by atoms with Crippen LogP contribution in [-0.2, 0) is 0 Å². The first-order valence-corrected chi connectivity index (χ1v) is 8.72. The summed E-state index contributed by atoms with van der Waals surface area (Å²) in [5, 5.41) is 3.19. The number of carbonyl (C=O) groups is 1. The molecule has 0 aliphatic heterocycles. The molecule has 0 saturated heterocycles. The zero-order valence-electron chi connectivity index (χ0n) is 12.8. The number of rotatable bonds is 3. The minimum absolute atomic E-state index is 0.0795. The van der Waals surface area contributed by atoms with E-state index < -0.39 is 0 Å². The topological polar surface area (TPSA) is 29.1 Å². The van der Waals surface area contributed by atoms with Gasteiger partial charge in [0.1, 0.15) is 5.82 Å². The number of halogens is 2. The molecule has 2 rings (SSSR count). The van der Waals surface area contributed by atoms with Gasteiger partial charge in [0, 0.05) is 9.61 Å². The number of nitrogens with one attached hydrogen (secondary N) is 1. The summed E-state index contributed by atoms with van der Waals surface area (Å²) in [7, 11) is 0. The quantitative estimate of drug-likeness (QED) is 0.734. The number of carbonyl (C=O) groups excluding carboxylic acids is 1. The van der Waals surface area contributed by atoms with Crippen LogP contribution in [0.3, 0.4) is 0 Å². The van der Waals surface area contributed by atoms with E-state index in [9.17, 15) is 9.18 Å². The van der Waals surface area contributed by atoms with Crippen molar-refractivity contribution in [3.63, 3.8) is 0 Å². The standard InChI is InChI=1S/C17H23FINO/c1-10(2)13-6-4-11(3)8-16(13)20-17(21)14-7-5-12(18)9-15(14)19/h5,7,9-11,13,16H,4,6,8H2,1-3H3,(H,20,21). The van der Waals surface area contributed by atoms with E-state index in [1.165, 1.54) is 25.0 Å². The summed E-state index contributed by atoms with van der Waals surface area (Å²) < 4.78 is 13.8. The van der Waals surface area contributed by atoms with Gasteiger partial charge in [0.05, 0.1) is 5.56 Å². The lowest BCUT2D eigenvalue weighted by atomic mass is 9.74. The van der Waals surface area contributed by atoms with Gasteiger partial charge in [0.25, 0.3) is 5.91 Å². The molecule has 0 radical (unpaired) electrons. The fourth-order valence-corrected chi connectivity index (χ4v) is 4.01. The molecule has 1 saturated carbocycles. The summed E-state index contributed by atoms with van der Waals surface area (Å²) in [6, 6.07) is 4.55. The van der Waals surface area contributed by atoms with E-state index in [4.69, 9.17) is 0 Å². The van der Waals surface area contributed by atoms with E-state index in [0.29, 0.717) is 26.9 Å². The second kappa shape index (κ2) is 7.07. The van der Waals surface area contributed by atoms with E-state index in [2.05, 4.69) is 26.1 Å². The SMILES string of the molecule is CC1CCC(C(C)C)C(NC(=O)c2ccc(F)cc2I)C1. The molecule has 0 aromatic heterocycles. The van der Waals surface area contributed by atoms with E-state index >= 15 is 0 Å². The van der Waals surface area contributed by atoms with Crippen LogP contribution in [0, 0.1) is 27.1 Å². The van der Waals surface area contributed by atoms with Crippen molar-refractivity contribution in [2.75, 3.05) is 0 Å². The summed E-state index contributed by atoms with van der Waals surface area (Å²) in [6.07, 6.45) is 3.44. The molecule has 1 aromatic rings. The number of hydrogen-bond acceptors (Lipinski definition) is 1. The van der Waals surface area contributed by atoms with Crippen molar-refractivity contribution in [3.05, 3.63) is 33.1 Å². The van der Waals surface area contributed by atoms with Crippen LogP contribution in [0.2, 0.25) is 0 Å². The van der Waals surface area contributed by atoms with Gasteiger partial charge in [-0.2, -0.15) is 0 Å². The summed E-state index contributed by atoms with van der Waals surface area (Å²) in [5.41, 5.74) is 0.567. The summed E-state index contributed by atoms with van der Waals surface area (Å²) in [5.74, 6) is 1.36. The van der Waals surface area contributed by atoms with Crippen LogP contribution in [-0.4, -0.2) is 11.9 Å². The fraction of sp³-hybridized carbons (Fsp3) is 0.588. The Bertz CT molecular complexity index is 518. The Morgan fingerprint density at radius 2 is 2.10 bits per heavy atom. The van der Waals surface area contributed by atoms with Gasteiger partial charge in [-0.1, -0.05) is 27.2 Å². The van der Waals surface area contributed by atoms with Crippen molar-refractivity contribution in [2.45, 2.75) is 46.1 Å². The van der Waals surface area contributed by atoms with Crippen LogP contribution in [0.15, 0.2) is 18.2 Å². The third kappa shape index (κ3) is 4.18. The molecule has 1 N–H and O–H groups in total. The van der Waals surface area contributed by atoms with E-state index in [1.807, 2.05) is 22.6 Å². The Morgan fingerprint density at radius 3 is 2.71 bits per heavy atom. The largest absolute Gasteiger partial charge is 0.349 e. The van der Waals surface area contributed by atoms with Gasteiger partial charge >= 0.3 is 0 Å². The van der Waals surface area contributed by atoms with Crippen LogP contribution >= 0.6 is 22.6 Å². The maximum Gasteiger partial charge on any atom is 0.252 e. The maximum absolute atomic E-state index is 13.2. The van der Waals surface area contributed by atoms with Crippen LogP contribution in [0.5, 0.6) is 0 Å². The molecular formula is C17H23FINO. The van der Waals surface area contributed by atoms with Crippen molar-refractivity contribution in [1.82, 2.24) is 5.32 Å². The second-order valence-corrected chi connectivity index (χ2v) is 7.69. The first-order valence-electron chi connectivity index (χ1n) is 7.64. The van der Waals surface area contributed by atoms with Crippen molar-refractivity contribution in [3.8, 4) is 0 Å². The van der Waals surface area contributed by atoms with Gasteiger partial charge in [0.15, 0.2) is 0 Å². The zero-order chi connectivity index (χ0) is 15.6. The molecule has 0 heterocycles. The van der Waals surface area contributed by atoms with Crippen molar-refractivity contribution in [2.24, 2.45) is 17.8 Å². The molecule has 1 fully saturated rings. The molecule has 2 nitrogen and oxygen atoms in total. The number of hydrogen-bond donors (Lipinski definition) is 1. The highest BCUT2D eigenvalue weighted by Crippen LogP contribution is 2.33. The Morgan fingerprint density at radius 1 is 1.38 bits per heavy atom. The highest BCUT2D eigenvalue weighted by Gasteiger charge is 2.32. The Balaban J connectivity index is 2.12. The first kappa shape index (κ1) is 16.7. The molecule has 1 aliphatic carbocycles. The molecule has 1 amide bonds. The fourth-order valence-electron chi connectivity index (χ4n) is 3.29. The summed E-state index contributed by atoms with van der Waals surface area (Å²) in [4.78, 5) is 12.5. The van der Waals surface area contributed by atoms with Gasteiger partial charge in [-0.15, -0.1) is 0 Å². The molecule has 21 heavy (non-hydrogen) atoms. The lowest BCUT2D eigenvalue weighted by Crippen LogP contribution is -2.45. The normalized spacial score (nSPS) is 25.9. The molecule has 3 atom stereocenters. The van der Waals surface area contributed by atoms with Gasteiger partial charge in [-0.25, -0.2) is 4.39 Å². The second-order valence-electron chi connectivity index (χ2n) is 6.53. The number of benzene rings is 1. The first-order chi connectivity index (χ1) is 9.88. The van der Waals surface area contributed by atoms with Gasteiger partial charge in [-0.3, -0.25) is 4.79 Å². The lowest BCUT2D eigenvalue weighted by Gasteiger charge is -2.37. The van der Waals surface area contributed by atoms with Crippen LogP contribution in [0.1, 0.15) is 50.4 Å². The molecular weight excluding hydrogens is 380 g/mol. The highest BCUT2D eigenvalue weighted by molar-refractivity contribution is 14.1. The van der Waals surface area contributed by atoms with Gasteiger partial charge in [0.2, 0.25) is 0 Å². The Kier molecular flexibility index (Phi) is 5.63. The minimum atomic E-state index is -0.303. The highest BCUT2D eigenvalue weighted by atomic mass is 127. The zero-order valence-corrected chi connectivity index (χ0v) is 15.0. The molecule has 116 valence electrons. The smallest absolute Gasteiger partial charge is 0.252 e. The predicted octanol–water partition coefficient (Wildman–Crippen LogP) is 4.62. The molecule has 0 bridgehead atoms. The molecule has 1 aliphatic rings. The molecule has 3 unspecified atom stereocenters. The average Bonchev–Trinajstić information content (AvgIpc) is 2.37. The third-order valence-corrected chi connectivity index (χ3v) is 5.41. The van der Waals surface area contributed by atoms with Crippen molar-refractivity contribution < 1.29 is 9.18 Å². The van der Waals surface area contributed by atoms with Crippen LogP contribution < -0.4 is 5.32 Å². The molecule has 4 heteroatoms. The lowest BCUT2D eigenvalue weighted by molar-refractivity contribution is 0.0867. The van der Waals surface area contributed by atoms with Crippen LogP contribution in [0.4, 0.5) is 4.39 Å². The Labute approximate surface area is 140 Å². The third-order valence-electron chi connectivity index (χ3n) is 4.51. The van der Waals surface area contributed by atoms with Crippen molar-refractivity contribution in [1.29, 1.82) is 0 Å². The van der Waals surface area contributed by atoms with Crippen molar-refractivity contribution >= 4 is 28.5 Å². The summed E-state index contributed by atoms with van der Waals surface area (Å²) in [6.45, 7) is 6.69. The maximum atomic E-state index is 13.2. The Hall–Kier alpha value is -0.650. The van der Waals surface area contributed by atoms with Gasteiger partial charge < -0.3 is 5.32 Å². The average molecular weight is 403 g/mol. The predicted molar refractivity (Wildman–Crippen MR) is 91.7 cm³/mol. The number of amides is 1.